The van der Waals surface area contributed by atoms with Gasteiger partial charge in [-0.3, -0.25) is 43.8 Å². The van der Waals surface area contributed by atoms with Crippen molar-refractivity contribution in [1.29, 1.82) is 0 Å². The summed E-state index contributed by atoms with van der Waals surface area (Å²) in [5.41, 5.74) is 9.14. The van der Waals surface area contributed by atoms with Gasteiger partial charge in [0.1, 0.15) is 18.0 Å². The fourth-order valence-electron chi connectivity index (χ4n) is 8.76. The van der Waals surface area contributed by atoms with Gasteiger partial charge in [0.05, 0.1) is 34.4 Å². The summed E-state index contributed by atoms with van der Waals surface area (Å²) in [4.78, 5) is 73.3. The highest BCUT2D eigenvalue weighted by atomic mass is 35.5. The maximum atomic E-state index is 14.2. The molecule has 4 N–H and O–H groups in total. The minimum absolute atomic E-state index is 0.0742. The number of rotatable bonds is 15. The molecule has 3 saturated heterocycles. The van der Waals surface area contributed by atoms with Gasteiger partial charge >= 0.3 is 0 Å². The number of fused-ring (bicyclic) bond motifs is 1. The molecule has 62 heavy (non-hydrogen) atoms. The van der Waals surface area contributed by atoms with Crippen LogP contribution in [0.25, 0.3) is 11.1 Å². The van der Waals surface area contributed by atoms with Crippen molar-refractivity contribution in [1.82, 2.24) is 34.8 Å². The molecule has 4 aliphatic heterocycles. The number of nitrogen functional groups attached to an aromatic ring is 1. The number of pyridine rings is 1. The Balaban J connectivity index is 0.724. The minimum atomic E-state index is -0.999. The molecule has 6 heterocycles. The number of piperidine rings is 2. The van der Waals surface area contributed by atoms with Gasteiger partial charge in [0.15, 0.2) is 11.6 Å². The minimum Gasteiger partial charge on any atom is -0.482 e. The topological polar surface area (TPSA) is 185 Å². The fourth-order valence-corrected chi connectivity index (χ4v) is 9.44. The summed E-state index contributed by atoms with van der Waals surface area (Å²) in [6.45, 7) is 5.58. The third-order valence-corrected chi connectivity index (χ3v) is 12.9. The number of carbonyl (C=O) groups excluding carboxylic acids is 5. The Kier molecular flexibility index (Phi) is 12.8. The van der Waals surface area contributed by atoms with Gasteiger partial charge in [-0.05, 0) is 75.9 Å². The predicted octanol–water partition coefficient (Wildman–Crippen LogP) is 6.42. The number of likely N-dealkylation sites (tertiary alicyclic amines) is 2. The average Bonchev–Trinajstić information content (AvgIpc) is 3.83. The molecule has 4 aliphatic rings. The molecule has 0 bridgehead atoms. The molecule has 5 amide bonds. The van der Waals surface area contributed by atoms with E-state index in [4.69, 9.17) is 33.7 Å². The number of benzene rings is 2. The number of hydrogen-bond acceptors (Lipinski definition) is 11. The second-order valence-electron chi connectivity index (χ2n) is 16.4. The van der Waals surface area contributed by atoms with E-state index in [1.807, 2.05) is 15.8 Å². The van der Waals surface area contributed by atoms with Crippen molar-refractivity contribution >= 4 is 64.2 Å². The first-order valence-corrected chi connectivity index (χ1v) is 21.8. The highest BCUT2D eigenvalue weighted by Crippen LogP contribution is 2.38. The Morgan fingerprint density at radius 2 is 1.77 bits per heavy atom. The van der Waals surface area contributed by atoms with Crippen LogP contribution in [-0.2, 0) is 14.4 Å². The van der Waals surface area contributed by atoms with E-state index in [0.717, 1.165) is 74.2 Å². The van der Waals surface area contributed by atoms with Crippen LogP contribution in [0.15, 0.2) is 55.0 Å². The van der Waals surface area contributed by atoms with E-state index in [2.05, 4.69) is 25.6 Å². The molecule has 2 aromatic carbocycles. The lowest BCUT2D eigenvalue weighted by Crippen LogP contribution is -2.55. The van der Waals surface area contributed by atoms with Crippen molar-refractivity contribution in [2.24, 2.45) is 0 Å². The molecule has 0 saturated carbocycles. The van der Waals surface area contributed by atoms with Crippen molar-refractivity contribution in [3.8, 4) is 16.9 Å². The molecule has 2 unspecified atom stereocenters. The van der Waals surface area contributed by atoms with E-state index in [9.17, 15) is 28.4 Å². The maximum absolute atomic E-state index is 14.2. The van der Waals surface area contributed by atoms with Gasteiger partial charge in [0, 0.05) is 78.8 Å². The van der Waals surface area contributed by atoms with Crippen LogP contribution >= 0.6 is 23.2 Å². The number of imide groups is 2. The summed E-state index contributed by atoms with van der Waals surface area (Å²) in [7, 11) is 0. The predicted molar refractivity (Wildman–Crippen MR) is 230 cm³/mol. The lowest BCUT2D eigenvalue weighted by atomic mass is 10.0. The van der Waals surface area contributed by atoms with Gasteiger partial charge in [-0.2, -0.15) is 5.10 Å². The number of ether oxygens (including phenoxy) is 1. The number of anilines is 2. The monoisotopic (exact) mass is 887 g/mol. The molecule has 8 rings (SSSR count). The first-order chi connectivity index (χ1) is 29.9. The van der Waals surface area contributed by atoms with Crippen LogP contribution < -0.4 is 21.1 Å². The van der Waals surface area contributed by atoms with Gasteiger partial charge in [-0.15, -0.1) is 0 Å². The van der Waals surface area contributed by atoms with Gasteiger partial charge in [-0.25, -0.2) is 9.37 Å². The summed E-state index contributed by atoms with van der Waals surface area (Å²) < 4.78 is 22.2. The number of nitrogens with one attached hydrogen (secondary N) is 2. The van der Waals surface area contributed by atoms with Crippen molar-refractivity contribution in [3.05, 3.63) is 87.5 Å². The van der Waals surface area contributed by atoms with Gasteiger partial charge < -0.3 is 20.7 Å². The quantitative estimate of drug-likeness (QED) is 0.0680. The number of carbonyl (C=O) groups is 5. The Bertz CT molecular complexity index is 2400. The SMILES string of the molecule is CC(Oc1cc(-c2cnn(C3CCN(C(=O)CCCCCCN4CC(Nc5cccc6c5C(=O)N(C5CCC(=O)NC5=O)C6=O)C4)CC3)c2)cnc1N)c1c(Cl)ccc(F)c1Cl. The summed E-state index contributed by atoms with van der Waals surface area (Å²) in [6.07, 6.45) is 10.8. The Morgan fingerprint density at radius 1 is 1.00 bits per heavy atom. The Labute approximate surface area is 368 Å². The second kappa shape index (κ2) is 18.4. The fraction of sp³-hybridized carbons (Fsp3) is 0.432. The first-order valence-electron chi connectivity index (χ1n) is 21.1. The summed E-state index contributed by atoms with van der Waals surface area (Å²) in [6, 6.07) is 8.76. The van der Waals surface area contributed by atoms with Crippen molar-refractivity contribution < 1.29 is 33.1 Å². The molecule has 15 nitrogen and oxygen atoms in total. The molecule has 2 atom stereocenters. The van der Waals surface area contributed by atoms with Crippen LogP contribution in [-0.4, -0.2) is 104 Å². The lowest BCUT2D eigenvalue weighted by molar-refractivity contribution is -0.136. The van der Waals surface area contributed by atoms with E-state index in [1.165, 1.54) is 12.1 Å². The number of unbranched alkanes of at least 4 members (excludes halogenated alkanes) is 3. The largest absolute Gasteiger partial charge is 0.482 e. The molecule has 0 spiro atoms. The van der Waals surface area contributed by atoms with Crippen molar-refractivity contribution in [2.45, 2.75) is 88.9 Å². The van der Waals surface area contributed by atoms with Crippen molar-refractivity contribution in [2.75, 3.05) is 43.8 Å². The van der Waals surface area contributed by atoms with Crippen LogP contribution in [0, 0.1) is 5.82 Å². The van der Waals surface area contributed by atoms with Crippen LogP contribution in [0.5, 0.6) is 5.75 Å². The average molecular weight is 889 g/mol. The van der Waals surface area contributed by atoms with E-state index in [-0.39, 0.29) is 57.8 Å². The Hall–Kier alpha value is -5.58. The van der Waals surface area contributed by atoms with E-state index in [1.54, 1.807) is 43.6 Å². The Morgan fingerprint density at radius 3 is 2.55 bits per heavy atom. The van der Waals surface area contributed by atoms with E-state index < -0.39 is 41.6 Å². The molecular weight excluding hydrogens is 840 g/mol. The molecule has 0 aliphatic carbocycles. The maximum Gasteiger partial charge on any atom is 0.264 e. The number of hydrogen-bond donors (Lipinski definition) is 3. The van der Waals surface area contributed by atoms with Crippen LogP contribution in [0.1, 0.15) is 103 Å². The summed E-state index contributed by atoms with van der Waals surface area (Å²) in [5.74, 6) is -2.00. The smallest absolute Gasteiger partial charge is 0.264 e. The zero-order chi connectivity index (χ0) is 43.7. The van der Waals surface area contributed by atoms with E-state index >= 15 is 0 Å². The van der Waals surface area contributed by atoms with Gasteiger partial charge in [0.2, 0.25) is 17.7 Å². The molecule has 326 valence electrons. The van der Waals surface area contributed by atoms with Crippen LogP contribution in [0.2, 0.25) is 10.0 Å². The van der Waals surface area contributed by atoms with Crippen molar-refractivity contribution in [3.63, 3.8) is 0 Å². The molecule has 4 aromatic rings. The zero-order valence-corrected chi connectivity index (χ0v) is 35.8. The third kappa shape index (κ3) is 8.99. The normalized spacial score (nSPS) is 19.1. The van der Waals surface area contributed by atoms with Gasteiger partial charge in [0.25, 0.3) is 11.8 Å². The van der Waals surface area contributed by atoms with Crippen LogP contribution in [0.3, 0.4) is 0 Å². The first kappa shape index (κ1) is 43.1. The zero-order valence-electron chi connectivity index (χ0n) is 34.2. The molecule has 3 fully saturated rings. The summed E-state index contributed by atoms with van der Waals surface area (Å²) >= 11 is 12.5. The molecular formula is C44H48Cl2FN9O6. The third-order valence-electron chi connectivity index (χ3n) is 12.2. The molecule has 2 aromatic heterocycles. The number of nitrogens with two attached hydrogens (primary N) is 1. The van der Waals surface area contributed by atoms with Crippen LogP contribution in [0.4, 0.5) is 15.9 Å². The van der Waals surface area contributed by atoms with Gasteiger partial charge in [-0.1, -0.05) is 42.1 Å². The number of amides is 5. The highest BCUT2D eigenvalue weighted by Gasteiger charge is 2.46. The number of nitrogens with zero attached hydrogens (tertiary/aromatic N) is 6. The molecule has 18 heteroatoms. The number of halogens is 3. The summed E-state index contributed by atoms with van der Waals surface area (Å²) in [5, 5.41) is 10.5. The second-order valence-corrected chi connectivity index (χ2v) is 17.2. The highest BCUT2D eigenvalue weighted by molar-refractivity contribution is 6.36. The van der Waals surface area contributed by atoms with E-state index in [0.29, 0.717) is 36.5 Å². The standard InChI is InChI=1S/C44H48Cl2FN9O6/c1-25(38-31(45)10-11-32(47)40(38)46)62-35-19-26(20-49-41(35)48)27-21-50-55(22-27)29-14-17-54(18-15-29)37(58)9-4-2-3-5-16-53-23-28(24-53)51-33-8-6-7-30-39(33)44(61)56(43(30)60)34-12-13-36(57)52-42(34)59/h6-8,10-11,19-22,25,28-29,34,51H,2-5,9,12-18,23-24H2,1H3,(H2,48,49)(H,52,57,59). The molecule has 0 radical (unpaired) electrons. The lowest BCUT2D eigenvalue weighted by Gasteiger charge is -2.40. The number of aromatic nitrogens is 3.